The highest BCUT2D eigenvalue weighted by molar-refractivity contribution is 6.42. The highest BCUT2D eigenvalue weighted by atomic mass is 35.5. The molecule has 0 aromatic heterocycles. The molecule has 1 aromatic carbocycles. The van der Waals surface area contributed by atoms with Crippen molar-refractivity contribution in [2.45, 2.75) is 26.8 Å². The van der Waals surface area contributed by atoms with Crippen LogP contribution in [-0.2, 0) is 6.54 Å². The van der Waals surface area contributed by atoms with Gasteiger partial charge in [-0.2, -0.15) is 0 Å². The monoisotopic (exact) mass is 288 g/mol. The smallest absolute Gasteiger partial charge is 0.0595 e. The molecule has 0 amide bonds. The standard InChI is InChI=1S/C14H22Cl2N2/c1-3-18(4-2)9-5-8-17-11-12-6-7-13(15)14(16)10-12/h6-7,10,17H,3-5,8-9,11H2,1-2H3. The number of hydrogen-bond donors (Lipinski definition) is 1. The van der Waals surface area contributed by atoms with Crippen molar-refractivity contribution in [2.75, 3.05) is 26.2 Å². The molecule has 102 valence electrons. The Bertz CT molecular complexity index is 352. The third kappa shape index (κ3) is 5.57. The van der Waals surface area contributed by atoms with Crippen molar-refractivity contribution in [1.82, 2.24) is 10.2 Å². The Morgan fingerprint density at radius 1 is 1.11 bits per heavy atom. The first kappa shape index (κ1) is 15.8. The molecule has 0 saturated carbocycles. The lowest BCUT2D eigenvalue weighted by Gasteiger charge is -2.17. The fourth-order valence-electron chi connectivity index (χ4n) is 1.85. The Hall–Kier alpha value is -0.280. The number of nitrogens with zero attached hydrogens (tertiary/aromatic N) is 1. The summed E-state index contributed by atoms with van der Waals surface area (Å²) in [6, 6.07) is 5.77. The zero-order valence-electron chi connectivity index (χ0n) is 11.2. The summed E-state index contributed by atoms with van der Waals surface area (Å²) in [6.45, 7) is 9.68. The van der Waals surface area contributed by atoms with Gasteiger partial charge in [-0.25, -0.2) is 0 Å². The van der Waals surface area contributed by atoms with Gasteiger partial charge in [0.1, 0.15) is 0 Å². The maximum atomic E-state index is 5.97. The molecule has 4 heteroatoms. The molecular weight excluding hydrogens is 267 g/mol. The Kier molecular flexibility index (Phi) is 7.68. The lowest BCUT2D eigenvalue weighted by atomic mass is 10.2. The van der Waals surface area contributed by atoms with E-state index >= 15 is 0 Å². The maximum Gasteiger partial charge on any atom is 0.0595 e. The molecule has 0 radical (unpaired) electrons. The van der Waals surface area contributed by atoms with E-state index in [1.807, 2.05) is 18.2 Å². The van der Waals surface area contributed by atoms with E-state index in [4.69, 9.17) is 23.2 Å². The van der Waals surface area contributed by atoms with Crippen molar-refractivity contribution in [2.24, 2.45) is 0 Å². The normalized spacial score (nSPS) is 11.2. The summed E-state index contributed by atoms with van der Waals surface area (Å²) in [4.78, 5) is 2.43. The number of nitrogens with one attached hydrogen (secondary N) is 1. The first-order valence-electron chi connectivity index (χ1n) is 6.54. The van der Waals surface area contributed by atoms with Crippen LogP contribution in [0.15, 0.2) is 18.2 Å². The molecule has 18 heavy (non-hydrogen) atoms. The zero-order chi connectivity index (χ0) is 13.4. The number of benzene rings is 1. The molecule has 0 spiro atoms. The van der Waals surface area contributed by atoms with Gasteiger partial charge in [0.05, 0.1) is 10.0 Å². The van der Waals surface area contributed by atoms with Crippen molar-refractivity contribution >= 4 is 23.2 Å². The van der Waals surface area contributed by atoms with Crippen LogP contribution < -0.4 is 5.32 Å². The summed E-state index contributed by atoms with van der Waals surface area (Å²) >= 11 is 11.8. The number of halogens is 2. The van der Waals surface area contributed by atoms with E-state index < -0.39 is 0 Å². The fraction of sp³-hybridized carbons (Fsp3) is 0.571. The highest BCUT2D eigenvalue weighted by Crippen LogP contribution is 2.22. The molecular formula is C14H22Cl2N2. The van der Waals surface area contributed by atoms with Gasteiger partial charge >= 0.3 is 0 Å². The van der Waals surface area contributed by atoms with Crippen LogP contribution in [0.25, 0.3) is 0 Å². The van der Waals surface area contributed by atoms with Gasteiger partial charge in [0.2, 0.25) is 0 Å². The van der Waals surface area contributed by atoms with Crippen LogP contribution >= 0.6 is 23.2 Å². The van der Waals surface area contributed by atoms with Crippen LogP contribution in [0, 0.1) is 0 Å². The summed E-state index contributed by atoms with van der Waals surface area (Å²) in [5.41, 5.74) is 1.17. The molecule has 0 atom stereocenters. The zero-order valence-corrected chi connectivity index (χ0v) is 12.7. The lowest BCUT2D eigenvalue weighted by Crippen LogP contribution is -2.27. The molecule has 0 heterocycles. The Labute approximate surface area is 120 Å². The van der Waals surface area contributed by atoms with Crippen LogP contribution in [0.2, 0.25) is 10.0 Å². The lowest BCUT2D eigenvalue weighted by molar-refractivity contribution is 0.298. The first-order valence-corrected chi connectivity index (χ1v) is 7.30. The van der Waals surface area contributed by atoms with Crippen LogP contribution in [-0.4, -0.2) is 31.1 Å². The van der Waals surface area contributed by atoms with Gasteiger partial charge in [-0.05, 0) is 50.3 Å². The highest BCUT2D eigenvalue weighted by Gasteiger charge is 2.00. The minimum Gasteiger partial charge on any atom is -0.313 e. The van der Waals surface area contributed by atoms with Crippen molar-refractivity contribution in [1.29, 1.82) is 0 Å². The van der Waals surface area contributed by atoms with Crippen molar-refractivity contribution in [3.8, 4) is 0 Å². The molecule has 1 aromatic rings. The molecule has 0 aliphatic rings. The molecule has 1 rings (SSSR count). The van der Waals surface area contributed by atoms with Crippen LogP contribution in [0.4, 0.5) is 0 Å². The van der Waals surface area contributed by atoms with Crippen LogP contribution in [0.1, 0.15) is 25.8 Å². The third-order valence-corrected chi connectivity index (χ3v) is 3.77. The second kappa shape index (κ2) is 8.76. The summed E-state index contributed by atoms with van der Waals surface area (Å²) in [6.07, 6.45) is 1.17. The summed E-state index contributed by atoms with van der Waals surface area (Å²) in [7, 11) is 0. The minimum absolute atomic E-state index is 0.613. The van der Waals surface area contributed by atoms with Crippen molar-refractivity contribution in [3.63, 3.8) is 0 Å². The number of rotatable bonds is 8. The first-order chi connectivity index (χ1) is 8.67. The van der Waals surface area contributed by atoms with Crippen molar-refractivity contribution in [3.05, 3.63) is 33.8 Å². The number of hydrogen-bond acceptors (Lipinski definition) is 2. The molecule has 1 N–H and O–H groups in total. The van der Waals surface area contributed by atoms with Gasteiger partial charge in [-0.15, -0.1) is 0 Å². The topological polar surface area (TPSA) is 15.3 Å². The maximum absolute atomic E-state index is 5.97. The van der Waals surface area contributed by atoms with Gasteiger partial charge in [-0.3, -0.25) is 0 Å². The van der Waals surface area contributed by atoms with E-state index in [1.54, 1.807) is 0 Å². The Morgan fingerprint density at radius 2 is 1.83 bits per heavy atom. The minimum atomic E-state index is 0.613. The van der Waals surface area contributed by atoms with Gasteiger partial charge in [-0.1, -0.05) is 43.1 Å². The quantitative estimate of drug-likeness (QED) is 0.732. The average Bonchev–Trinajstić information content (AvgIpc) is 2.38. The second-order valence-electron chi connectivity index (χ2n) is 4.31. The van der Waals surface area contributed by atoms with E-state index in [2.05, 4.69) is 24.1 Å². The molecule has 0 aliphatic heterocycles. The predicted molar refractivity (Wildman–Crippen MR) is 80.6 cm³/mol. The molecule has 0 unspecified atom stereocenters. The SMILES string of the molecule is CCN(CC)CCCNCc1ccc(Cl)c(Cl)c1. The van der Waals surface area contributed by atoms with E-state index in [1.165, 1.54) is 12.0 Å². The fourth-order valence-corrected chi connectivity index (χ4v) is 2.17. The Balaban J connectivity index is 2.19. The second-order valence-corrected chi connectivity index (χ2v) is 5.12. The Morgan fingerprint density at radius 3 is 2.44 bits per heavy atom. The summed E-state index contributed by atoms with van der Waals surface area (Å²) in [5, 5.41) is 4.66. The largest absolute Gasteiger partial charge is 0.313 e. The van der Waals surface area contributed by atoms with E-state index in [-0.39, 0.29) is 0 Å². The molecule has 0 aliphatic carbocycles. The molecule has 0 saturated heterocycles. The summed E-state index contributed by atoms with van der Waals surface area (Å²) in [5.74, 6) is 0. The average molecular weight is 289 g/mol. The molecule has 0 bridgehead atoms. The van der Waals surface area contributed by atoms with Gasteiger partial charge in [0, 0.05) is 6.54 Å². The van der Waals surface area contributed by atoms with Gasteiger partial charge < -0.3 is 10.2 Å². The van der Waals surface area contributed by atoms with Crippen LogP contribution in [0.5, 0.6) is 0 Å². The molecule has 2 nitrogen and oxygen atoms in total. The van der Waals surface area contributed by atoms with Gasteiger partial charge in [0.15, 0.2) is 0 Å². The van der Waals surface area contributed by atoms with E-state index in [9.17, 15) is 0 Å². The predicted octanol–water partition coefficient (Wildman–Crippen LogP) is 3.81. The van der Waals surface area contributed by atoms with E-state index in [0.29, 0.717) is 10.0 Å². The summed E-state index contributed by atoms with van der Waals surface area (Å²) < 4.78 is 0. The third-order valence-electron chi connectivity index (χ3n) is 3.04. The van der Waals surface area contributed by atoms with Crippen LogP contribution in [0.3, 0.4) is 0 Å². The van der Waals surface area contributed by atoms with Gasteiger partial charge in [0.25, 0.3) is 0 Å². The molecule has 0 fully saturated rings. The van der Waals surface area contributed by atoms with E-state index in [0.717, 1.165) is 32.7 Å². The van der Waals surface area contributed by atoms with Crippen molar-refractivity contribution < 1.29 is 0 Å².